The van der Waals surface area contributed by atoms with Crippen LogP contribution in [0.5, 0.6) is 0 Å². The Morgan fingerprint density at radius 3 is 2.62 bits per heavy atom. The smallest absolute Gasteiger partial charge is 0.322 e. The highest BCUT2D eigenvalue weighted by Gasteiger charge is 2.17. The van der Waals surface area contributed by atoms with Crippen LogP contribution in [0.1, 0.15) is 5.76 Å². The lowest BCUT2D eigenvalue weighted by Gasteiger charge is -2.20. The number of hydrogen-bond acceptors (Lipinski definition) is 4. The molecule has 126 valence electrons. The minimum atomic E-state index is -0.427. The number of nitrogens with zero attached hydrogens (tertiary/aromatic N) is 2. The maximum atomic E-state index is 12.3. The van der Waals surface area contributed by atoms with Gasteiger partial charge in [-0.05, 0) is 31.2 Å². The lowest BCUT2D eigenvalue weighted by atomic mass is 10.3. The molecule has 7 nitrogen and oxygen atoms in total. The second-order valence-electron chi connectivity index (χ2n) is 4.98. The standard InChI is InChI=1S/C16H17ClN4O3/c1-3-8-21(10-15(22)19-14-9-11(2)24-20-14)16(23)18-13-6-4-12(17)5-7-13/h3-7,9H,1,8,10H2,2H3,(H,18,23)(H,19,20,22). The van der Waals surface area contributed by atoms with Crippen molar-refractivity contribution in [2.45, 2.75) is 6.92 Å². The third kappa shape index (κ3) is 5.13. The van der Waals surface area contributed by atoms with E-state index in [-0.39, 0.29) is 13.1 Å². The molecule has 0 radical (unpaired) electrons. The minimum Gasteiger partial charge on any atom is -0.360 e. The van der Waals surface area contributed by atoms with Crippen molar-refractivity contribution in [3.8, 4) is 0 Å². The highest BCUT2D eigenvalue weighted by molar-refractivity contribution is 6.30. The van der Waals surface area contributed by atoms with Crippen LogP contribution in [0.25, 0.3) is 0 Å². The Morgan fingerprint density at radius 2 is 2.04 bits per heavy atom. The van der Waals surface area contributed by atoms with Crippen molar-refractivity contribution < 1.29 is 14.1 Å². The zero-order chi connectivity index (χ0) is 17.5. The van der Waals surface area contributed by atoms with Gasteiger partial charge in [0.15, 0.2) is 5.82 Å². The molecule has 0 aliphatic rings. The van der Waals surface area contributed by atoms with Gasteiger partial charge in [-0.25, -0.2) is 4.79 Å². The molecular weight excluding hydrogens is 332 g/mol. The molecule has 0 saturated heterocycles. The van der Waals surface area contributed by atoms with Crippen molar-refractivity contribution in [1.29, 1.82) is 0 Å². The van der Waals surface area contributed by atoms with Crippen LogP contribution < -0.4 is 10.6 Å². The monoisotopic (exact) mass is 348 g/mol. The van der Waals surface area contributed by atoms with E-state index < -0.39 is 11.9 Å². The molecule has 2 rings (SSSR count). The van der Waals surface area contributed by atoms with E-state index in [1.165, 1.54) is 11.0 Å². The third-order valence-corrected chi connectivity index (χ3v) is 3.21. The zero-order valence-corrected chi connectivity index (χ0v) is 13.8. The number of aryl methyl sites for hydroxylation is 1. The predicted octanol–water partition coefficient (Wildman–Crippen LogP) is 3.30. The van der Waals surface area contributed by atoms with Gasteiger partial charge in [0.2, 0.25) is 5.91 Å². The molecule has 0 bridgehead atoms. The van der Waals surface area contributed by atoms with E-state index in [1.807, 2.05) is 0 Å². The van der Waals surface area contributed by atoms with Crippen LogP contribution in [0.15, 0.2) is 47.5 Å². The maximum absolute atomic E-state index is 12.3. The van der Waals surface area contributed by atoms with E-state index in [9.17, 15) is 9.59 Å². The summed E-state index contributed by atoms with van der Waals surface area (Å²) >= 11 is 5.81. The summed E-state index contributed by atoms with van der Waals surface area (Å²) in [7, 11) is 0. The largest absolute Gasteiger partial charge is 0.360 e. The molecule has 2 N–H and O–H groups in total. The zero-order valence-electron chi connectivity index (χ0n) is 13.1. The summed E-state index contributed by atoms with van der Waals surface area (Å²) in [6.45, 7) is 5.37. The van der Waals surface area contributed by atoms with E-state index in [2.05, 4.69) is 22.4 Å². The molecule has 0 aliphatic carbocycles. The molecule has 1 aromatic carbocycles. The van der Waals surface area contributed by atoms with Crippen molar-refractivity contribution in [3.05, 3.63) is 53.8 Å². The van der Waals surface area contributed by atoms with Crippen molar-refractivity contribution in [2.75, 3.05) is 23.7 Å². The summed E-state index contributed by atoms with van der Waals surface area (Å²) in [5.74, 6) is 0.485. The topological polar surface area (TPSA) is 87.5 Å². The Bertz CT molecular complexity index is 727. The van der Waals surface area contributed by atoms with Crippen LogP contribution >= 0.6 is 11.6 Å². The molecule has 0 atom stereocenters. The Hall–Kier alpha value is -2.80. The van der Waals surface area contributed by atoms with Crippen molar-refractivity contribution >= 4 is 35.0 Å². The van der Waals surface area contributed by atoms with Gasteiger partial charge in [0.05, 0.1) is 0 Å². The summed E-state index contributed by atoms with van der Waals surface area (Å²) in [4.78, 5) is 25.7. The molecule has 3 amide bonds. The molecule has 0 saturated carbocycles. The van der Waals surface area contributed by atoms with Crippen LogP contribution in [-0.2, 0) is 4.79 Å². The quantitative estimate of drug-likeness (QED) is 0.784. The highest BCUT2D eigenvalue weighted by atomic mass is 35.5. The van der Waals surface area contributed by atoms with Gasteiger partial charge >= 0.3 is 6.03 Å². The van der Waals surface area contributed by atoms with Crippen LogP contribution in [0, 0.1) is 6.92 Å². The molecule has 0 aliphatic heterocycles. The number of carbonyl (C=O) groups excluding carboxylic acids is 2. The van der Waals surface area contributed by atoms with Gasteiger partial charge in [-0.15, -0.1) is 6.58 Å². The minimum absolute atomic E-state index is 0.155. The average Bonchev–Trinajstić information content (AvgIpc) is 2.94. The number of aromatic nitrogens is 1. The van der Waals surface area contributed by atoms with E-state index in [1.54, 1.807) is 37.3 Å². The second-order valence-corrected chi connectivity index (χ2v) is 5.41. The van der Waals surface area contributed by atoms with Crippen LogP contribution in [-0.4, -0.2) is 35.1 Å². The first-order valence-electron chi connectivity index (χ1n) is 7.13. The molecule has 0 unspecified atom stereocenters. The Balaban J connectivity index is 1.96. The fraction of sp³-hybridized carbons (Fsp3) is 0.188. The lowest BCUT2D eigenvalue weighted by molar-refractivity contribution is -0.116. The Kier molecular flexibility index (Phi) is 5.97. The maximum Gasteiger partial charge on any atom is 0.322 e. The van der Waals surface area contributed by atoms with Gasteiger partial charge in [0.1, 0.15) is 12.3 Å². The highest BCUT2D eigenvalue weighted by Crippen LogP contribution is 2.14. The first-order chi connectivity index (χ1) is 11.5. The lowest BCUT2D eigenvalue weighted by Crippen LogP contribution is -2.40. The second kappa shape index (κ2) is 8.16. The van der Waals surface area contributed by atoms with Crippen LogP contribution in [0.3, 0.4) is 0 Å². The first-order valence-corrected chi connectivity index (χ1v) is 7.51. The summed E-state index contributed by atoms with van der Waals surface area (Å²) in [5, 5.41) is 9.49. The molecule has 2 aromatic rings. The SMILES string of the molecule is C=CCN(CC(=O)Nc1cc(C)on1)C(=O)Nc1ccc(Cl)cc1. The van der Waals surface area contributed by atoms with Crippen molar-refractivity contribution in [2.24, 2.45) is 0 Å². The fourth-order valence-corrected chi connectivity index (χ4v) is 2.02. The molecule has 1 heterocycles. The van der Waals surface area contributed by atoms with Crippen LogP contribution in [0.4, 0.5) is 16.3 Å². The number of carbonyl (C=O) groups is 2. The van der Waals surface area contributed by atoms with E-state index in [0.29, 0.717) is 22.3 Å². The van der Waals surface area contributed by atoms with Gasteiger partial charge < -0.3 is 20.1 Å². The van der Waals surface area contributed by atoms with Crippen LogP contribution in [0.2, 0.25) is 5.02 Å². The Morgan fingerprint density at radius 1 is 1.33 bits per heavy atom. The summed E-state index contributed by atoms with van der Waals surface area (Å²) in [5.41, 5.74) is 0.575. The Labute approximate surface area is 144 Å². The molecular formula is C16H17ClN4O3. The number of benzene rings is 1. The molecule has 1 aromatic heterocycles. The molecule has 0 fully saturated rings. The number of amides is 3. The number of anilines is 2. The van der Waals surface area contributed by atoms with E-state index >= 15 is 0 Å². The first kappa shape index (κ1) is 17.6. The summed E-state index contributed by atoms with van der Waals surface area (Å²) < 4.78 is 4.87. The number of urea groups is 1. The number of nitrogens with one attached hydrogen (secondary N) is 2. The van der Waals surface area contributed by atoms with Crippen molar-refractivity contribution in [3.63, 3.8) is 0 Å². The molecule has 24 heavy (non-hydrogen) atoms. The van der Waals surface area contributed by atoms with E-state index in [0.717, 1.165) is 0 Å². The third-order valence-electron chi connectivity index (χ3n) is 2.96. The van der Waals surface area contributed by atoms with E-state index in [4.69, 9.17) is 16.1 Å². The number of hydrogen-bond donors (Lipinski definition) is 2. The van der Waals surface area contributed by atoms with Gasteiger partial charge in [-0.2, -0.15) is 0 Å². The number of halogens is 1. The summed E-state index contributed by atoms with van der Waals surface area (Å²) in [6, 6.07) is 7.82. The van der Waals surface area contributed by atoms with Gasteiger partial charge in [0, 0.05) is 23.3 Å². The average molecular weight is 349 g/mol. The molecule has 0 spiro atoms. The summed E-state index contributed by atoms with van der Waals surface area (Å²) in [6.07, 6.45) is 1.54. The fourth-order valence-electron chi connectivity index (χ4n) is 1.89. The predicted molar refractivity (Wildman–Crippen MR) is 92.1 cm³/mol. The number of rotatable bonds is 6. The normalized spacial score (nSPS) is 10.1. The molecule has 8 heteroatoms. The van der Waals surface area contributed by atoms with Gasteiger partial charge in [-0.3, -0.25) is 4.79 Å². The van der Waals surface area contributed by atoms with Gasteiger partial charge in [-0.1, -0.05) is 22.8 Å². The van der Waals surface area contributed by atoms with Crippen molar-refractivity contribution in [1.82, 2.24) is 10.1 Å². The van der Waals surface area contributed by atoms with Gasteiger partial charge in [0.25, 0.3) is 0 Å².